The standard InChI is InChI=1S/C14H19BrFN/c1-14(2,3)17-8-9-6-11(9)12-7-10(16)4-5-13(12)15/h4-5,7,9,11,17H,6,8H2,1-3H3. The minimum atomic E-state index is -0.141. The van der Waals surface area contributed by atoms with Crippen molar-refractivity contribution in [2.45, 2.75) is 38.6 Å². The van der Waals surface area contributed by atoms with Crippen LogP contribution in [0, 0.1) is 11.7 Å². The van der Waals surface area contributed by atoms with Crippen molar-refractivity contribution in [1.29, 1.82) is 0 Å². The van der Waals surface area contributed by atoms with Crippen molar-refractivity contribution >= 4 is 15.9 Å². The van der Waals surface area contributed by atoms with E-state index in [1.54, 1.807) is 12.1 Å². The van der Waals surface area contributed by atoms with E-state index in [1.807, 2.05) is 0 Å². The largest absolute Gasteiger partial charge is 0.312 e. The Bertz CT molecular complexity index is 411. The Balaban J connectivity index is 1.96. The summed E-state index contributed by atoms with van der Waals surface area (Å²) in [7, 11) is 0. The summed E-state index contributed by atoms with van der Waals surface area (Å²) in [6, 6.07) is 4.96. The SMILES string of the molecule is CC(C)(C)NCC1CC1c1cc(F)ccc1Br. The maximum atomic E-state index is 13.2. The molecular formula is C14H19BrFN. The van der Waals surface area contributed by atoms with Crippen molar-refractivity contribution in [1.82, 2.24) is 5.32 Å². The van der Waals surface area contributed by atoms with Crippen LogP contribution in [0.15, 0.2) is 22.7 Å². The highest BCUT2D eigenvalue weighted by atomic mass is 79.9. The van der Waals surface area contributed by atoms with Gasteiger partial charge >= 0.3 is 0 Å². The Hall–Kier alpha value is -0.410. The molecule has 1 N–H and O–H groups in total. The van der Waals surface area contributed by atoms with Gasteiger partial charge in [0.15, 0.2) is 0 Å². The Morgan fingerprint density at radius 2 is 2.12 bits per heavy atom. The Morgan fingerprint density at radius 1 is 1.41 bits per heavy atom. The zero-order chi connectivity index (χ0) is 12.6. The first kappa shape index (κ1) is 13.0. The van der Waals surface area contributed by atoms with Crippen LogP contribution in [0.1, 0.15) is 38.7 Å². The second-order valence-electron chi connectivity index (χ2n) is 5.90. The van der Waals surface area contributed by atoms with Crippen LogP contribution in [0.4, 0.5) is 4.39 Å². The molecule has 2 rings (SSSR count). The van der Waals surface area contributed by atoms with Crippen molar-refractivity contribution < 1.29 is 4.39 Å². The summed E-state index contributed by atoms with van der Waals surface area (Å²) in [5, 5.41) is 3.51. The molecule has 1 nitrogen and oxygen atoms in total. The first-order valence-electron chi connectivity index (χ1n) is 6.07. The fourth-order valence-electron chi connectivity index (χ4n) is 2.09. The van der Waals surface area contributed by atoms with Gasteiger partial charge in [0, 0.05) is 10.0 Å². The van der Waals surface area contributed by atoms with E-state index >= 15 is 0 Å². The molecule has 2 unspecified atom stereocenters. The van der Waals surface area contributed by atoms with Gasteiger partial charge in [-0.15, -0.1) is 0 Å². The minimum Gasteiger partial charge on any atom is -0.312 e. The Labute approximate surface area is 111 Å². The van der Waals surface area contributed by atoms with Crippen molar-refractivity contribution in [2.24, 2.45) is 5.92 Å². The van der Waals surface area contributed by atoms with Gasteiger partial charge in [-0.2, -0.15) is 0 Å². The zero-order valence-corrected chi connectivity index (χ0v) is 12.1. The quantitative estimate of drug-likeness (QED) is 0.887. The topological polar surface area (TPSA) is 12.0 Å². The van der Waals surface area contributed by atoms with Gasteiger partial charge in [-0.1, -0.05) is 15.9 Å². The van der Waals surface area contributed by atoms with E-state index in [0.717, 1.165) is 23.0 Å². The molecule has 0 heterocycles. The van der Waals surface area contributed by atoms with E-state index in [2.05, 4.69) is 42.0 Å². The molecule has 0 spiro atoms. The predicted molar refractivity (Wildman–Crippen MR) is 72.7 cm³/mol. The fourth-order valence-corrected chi connectivity index (χ4v) is 2.63. The number of hydrogen-bond donors (Lipinski definition) is 1. The summed E-state index contributed by atoms with van der Waals surface area (Å²) in [5.41, 5.74) is 1.28. The smallest absolute Gasteiger partial charge is 0.123 e. The van der Waals surface area contributed by atoms with Crippen molar-refractivity contribution in [3.8, 4) is 0 Å². The first-order valence-corrected chi connectivity index (χ1v) is 6.86. The summed E-state index contributed by atoms with van der Waals surface area (Å²) >= 11 is 3.50. The predicted octanol–water partition coefficient (Wildman–Crippen LogP) is 4.08. The lowest BCUT2D eigenvalue weighted by Crippen LogP contribution is -2.37. The first-order chi connectivity index (χ1) is 7.87. The number of halogens is 2. The van der Waals surface area contributed by atoms with Crippen molar-refractivity contribution in [3.63, 3.8) is 0 Å². The molecule has 0 radical (unpaired) electrons. The average molecular weight is 300 g/mol. The second-order valence-corrected chi connectivity index (χ2v) is 6.75. The third-order valence-electron chi connectivity index (χ3n) is 3.17. The monoisotopic (exact) mass is 299 g/mol. The second kappa shape index (κ2) is 4.69. The molecule has 1 aromatic rings. The lowest BCUT2D eigenvalue weighted by atomic mass is 10.1. The highest BCUT2D eigenvalue weighted by Gasteiger charge is 2.39. The van der Waals surface area contributed by atoms with Gasteiger partial charge in [-0.05, 0) is 69.3 Å². The highest BCUT2D eigenvalue weighted by Crippen LogP contribution is 2.49. The molecule has 0 saturated heterocycles. The Kier molecular flexibility index (Phi) is 3.60. The summed E-state index contributed by atoms with van der Waals surface area (Å²) in [6.07, 6.45) is 1.16. The lowest BCUT2D eigenvalue weighted by Gasteiger charge is -2.20. The summed E-state index contributed by atoms with van der Waals surface area (Å²) < 4.78 is 14.2. The van der Waals surface area contributed by atoms with E-state index in [4.69, 9.17) is 0 Å². The van der Waals surface area contributed by atoms with Crippen LogP contribution < -0.4 is 5.32 Å². The molecule has 94 valence electrons. The molecule has 1 saturated carbocycles. The molecule has 0 bridgehead atoms. The van der Waals surface area contributed by atoms with E-state index in [1.165, 1.54) is 6.07 Å². The molecule has 1 aromatic carbocycles. The fraction of sp³-hybridized carbons (Fsp3) is 0.571. The van der Waals surface area contributed by atoms with Gasteiger partial charge in [0.05, 0.1) is 0 Å². The molecule has 1 aliphatic rings. The van der Waals surface area contributed by atoms with E-state index in [-0.39, 0.29) is 11.4 Å². The summed E-state index contributed by atoms with van der Waals surface area (Å²) in [6.45, 7) is 7.52. The van der Waals surface area contributed by atoms with Gasteiger partial charge in [-0.3, -0.25) is 0 Å². The van der Waals surface area contributed by atoms with Gasteiger partial charge in [0.25, 0.3) is 0 Å². The van der Waals surface area contributed by atoms with E-state index in [0.29, 0.717) is 11.8 Å². The molecule has 0 aromatic heterocycles. The minimum absolute atomic E-state index is 0.141. The van der Waals surface area contributed by atoms with E-state index in [9.17, 15) is 4.39 Å². The van der Waals surface area contributed by atoms with Crippen molar-refractivity contribution in [2.75, 3.05) is 6.54 Å². The molecule has 1 aliphatic carbocycles. The average Bonchev–Trinajstić information content (AvgIpc) is 2.97. The molecule has 2 atom stereocenters. The number of rotatable bonds is 3. The van der Waals surface area contributed by atoms with Crippen LogP contribution in [0.2, 0.25) is 0 Å². The lowest BCUT2D eigenvalue weighted by molar-refractivity contribution is 0.414. The third-order valence-corrected chi connectivity index (χ3v) is 3.90. The van der Waals surface area contributed by atoms with Crippen LogP contribution in [-0.4, -0.2) is 12.1 Å². The van der Waals surface area contributed by atoms with Crippen LogP contribution in [0.25, 0.3) is 0 Å². The maximum Gasteiger partial charge on any atom is 0.123 e. The summed E-state index contributed by atoms with van der Waals surface area (Å²) in [4.78, 5) is 0. The number of benzene rings is 1. The van der Waals surface area contributed by atoms with Crippen LogP contribution in [0.5, 0.6) is 0 Å². The number of hydrogen-bond acceptors (Lipinski definition) is 1. The zero-order valence-electron chi connectivity index (χ0n) is 10.6. The van der Waals surface area contributed by atoms with Crippen LogP contribution >= 0.6 is 15.9 Å². The van der Waals surface area contributed by atoms with Gasteiger partial charge in [-0.25, -0.2) is 4.39 Å². The van der Waals surface area contributed by atoms with Crippen molar-refractivity contribution in [3.05, 3.63) is 34.1 Å². The van der Waals surface area contributed by atoms with Gasteiger partial charge in [0.1, 0.15) is 5.82 Å². The molecule has 0 amide bonds. The molecule has 0 aliphatic heterocycles. The molecular weight excluding hydrogens is 281 g/mol. The molecule has 17 heavy (non-hydrogen) atoms. The molecule has 3 heteroatoms. The van der Waals surface area contributed by atoms with Gasteiger partial charge < -0.3 is 5.32 Å². The summed E-state index contributed by atoms with van der Waals surface area (Å²) in [5.74, 6) is 1.01. The highest BCUT2D eigenvalue weighted by molar-refractivity contribution is 9.10. The third kappa shape index (κ3) is 3.52. The number of nitrogens with one attached hydrogen (secondary N) is 1. The van der Waals surface area contributed by atoms with Gasteiger partial charge in [0.2, 0.25) is 0 Å². The van der Waals surface area contributed by atoms with E-state index < -0.39 is 0 Å². The van der Waals surface area contributed by atoms with Crippen LogP contribution in [-0.2, 0) is 0 Å². The maximum absolute atomic E-state index is 13.2. The Morgan fingerprint density at radius 3 is 2.76 bits per heavy atom. The normalized spacial score (nSPS) is 23.8. The van der Waals surface area contributed by atoms with Crippen LogP contribution in [0.3, 0.4) is 0 Å². The molecule has 1 fully saturated rings.